The minimum Gasteiger partial charge on any atom is -0.315 e. The smallest absolute Gasteiger partial charge is 0.158 e. The predicted octanol–water partition coefficient (Wildman–Crippen LogP) is 0.344. The Labute approximate surface area is 137 Å². The van der Waals surface area contributed by atoms with E-state index in [0.717, 1.165) is 25.7 Å². The number of hydrogen-bond acceptors (Lipinski definition) is 5. The number of nitrogens with one attached hydrogen (secondary N) is 1. The average molecular weight is 368 g/mol. The van der Waals surface area contributed by atoms with Gasteiger partial charge in [-0.25, -0.2) is 8.42 Å². The van der Waals surface area contributed by atoms with Crippen LogP contribution in [0.25, 0.3) is 0 Å². The van der Waals surface area contributed by atoms with Crippen LogP contribution in [0.5, 0.6) is 0 Å². The Balaban J connectivity index is 1.84. The lowest BCUT2D eigenvalue weighted by molar-refractivity contribution is 0.463. The van der Waals surface area contributed by atoms with E-state index in [0.29, 0.717) is 37.4 Å². The van der Waals surface area contributed by atoms with Crippen LogP contribution < -0.4 is 5.32 Å². The maximum Gasteiger partial charge on any atom is 0.158 e. The Morgan fingerprint density at radius 1 is 0.818 bits per heavy atom. The first-order valence-electron chi connectivity index (χ1n) is 8.19. The fraction of sp³-hybridized carbons (Fsp3) is 1.00. The summed E-state index contributed by atoms with van der Waals surface area (Å²) in [6, 6.07) is 0. The molecule has 8 heteroatoms. The Bertz CT molecular complexity index is 520. The first-order chi connectivity index (χ1) is 10.5. The lowest BCUT2D eigenvalue weighted by atomic mass is 10.0. The molecule has 1 N–H and O–H groups in total. The summed E-state index contributed by atoms with van der Waals surface area (Å²) < 4.78 is 50.8. The van der Waals surface area contributed by atoms with Gasteiger partial charge in [0.2, 0.25) is 0 Å². The third kappa shape index (κ3) is 3.21. The minimum absolute atomic E-state index is 0.202. The van der Waals surface area contributed by atoms with Crippen LogP contribution in [0.4, 0.5) is 0 Å². The molecule has 3 heterocycles. The van der Waals surface area contributed by atoms with Crippen LogP contribution >= 0.6 is 0 Å². The second-order valence-corrected chi connectivity index (χ2v) is 12.5. The maximum absolute atomic E-state index is 13.1. The molecule has 3 aliphatic rings. The van der Waals surface area contributed by atoms with Crippen molar-refractivity contribution >= 4 is 31.4 Å². The Morgan fingerprint density at radius 2 is 1.50 bits per heavy atom. The molecule has 128 valence electrons. The first-order valence-corrected chi connectivity index (χ1v) is 12.6. The van der Waals surface area contributed by atoms with Crippen molar-refractivity contribution in [3.05, 3.63) is 0 Å². The molecular weight excluding hydrogens is 342 g/mol. The lowest BCUT2D eigenvalue weighted by Crippen LogP contribution is -2.55. The number of sulfone groups is 1. The van der Waals surface area contributed by atoms with E-state index in [2.05, 4.69) is 5.32 Å². The van der Waals surface area contributed by atoms with Gasteiger partial charge in [0.1, 0.15) is 0 Å². The fourth-order valence-electron chi connectivity index (χ4n) is 4.06. The van der Waals surface area contributed by atoms with Crippen molar-refractivity contribution in [1.29, 1.82) is 0 Å². The van der Waals surface area contributed by atoms with Crippen molar-refractivity contribution in [3.8, 4) is 0 Å². The summed E-state index contributed by atoms with van der Waals surface area (Å²) in [6.07, 6.45) is 4.75. The standard InChI is InChI=1S/C14H25NO4S3/c16-20-8-2-1-4-11(20)13-5-3-6-14(22(13,18)19)12-10-15-7-9-21(12)17/h11-15H,1-10H2. The zero-order valence-corrected chi connectivity index (χ0v) is 15.2. The molecule has 3 rings (SSSR count). The number of hydrogen-bond donors (Lipinski definition) is 1. The van der Waals surface area contributed by atoms with Gasteiger partial charge in [0.25, 0.3) is 0 Å². The molecule has 3 fully saturated rings. The van der Waals surface area contributed by atoms with E-state index in [-0.39, 0.29) is 10.5 Å². The minimum atomic E-state index is -3.36. The molecule has 3 saturated heterocycles. The molecule has 0 radical (unpaired) electrons. The second kappa shape index (κ2) is 6.99. The average Bonchev–Trinajstić information content (AvgIpc) is 2.49. The molecule has 0 saturated carbocycles. The molecule has 6 atom stereocenters. The monoisotopic (exact) mass is 367 g/mol. The van der Waals surface area contributed by atoms with E-state index in [1.807, 2.05) is 0 Å². The van der Waals surface area contributed by atoms with Gasteiger partial charge in [0.05, 0.1) is 21.0 Å². The highest BCUT2D eigenvalue weighted by atomic mass is 32.2. The molecule has 6 unspecified atom stereocenters. The van der Waals surface area contributed by atoms with Crippen LogP contribution in [0.3, 0.4) is 0 Å². The quantitative estimate of drug-likeness (QED) is 0.761. The van der Waals surface area contributed by atoms with Crippen molar-refractivity contribution in [2.45, 2.75) is 59.5 Å². The summed E-state index contributed by atoms with van der Waals surface area (Å²) in [5.74, 6) is 1.18. The molecular formula is C14H25NO4S3. The van der Waals surface area contributed by atoms with Crippen molar-refractivity contribution in [2.24, 2.45) is 0 Å². The van der Waals surface area contributed by atoms with Crippen LogP contribution in [0, 0.1) is 0 Å². The topological polar surface area (TPSA) is 80.3 Å². The molecule has 0 amide bonds. The van der Waals surface area contributed by atoms with Gasteiger partial charge < -0.3 is 5.32 Å². The molecule has 0 aromatic rings. The third-order valence-electron chi connectivity index (χ3n) is 5.24. The summed E-state index contributed by atoms with van der Waals surface area (Å²) in [5.41, 5.74) is 0. The van der Waals surface area contributed by atoms with Crippen LogP contribution in [0.1, 0.15) is 38.5 Å². The van der Waals surface area contributed by atoms with Crippen LogP contribution in [0.2, 0.25) is 0 Å². The molecule has 22 heavy (non-hydrogen) atoms. The normalized spacial score (nSPS) is 46.2. The molecule has 0 aromatic heterocycles. The second-order valence-electron chi connectivity index (χ2n) is 6.54. The van der Waals surface area contributed by atoms with E-state index in [9.17, 15) is 16.8 Å². The molecule has 0 bridgehead atoms. The summed E-state index contributed by atoms with van der Waals surface area (Å²) >= 11 is 0. The Morgan fingerprint density at radius 3 is 2.18 bits per heavy atom. The molecule has 5 nitrogen and oxygen atoms in total. The molecule has 0 aromatic carbocycles. The van der Waals surface area contributed by atoms with Crippen molar-refractivity contribution in [3.63, 3.8) is 0 Å². The lowest BCUT2D eigenvalue weighted by Gasteiger charge is -2.39. The van der Waals surface area contributed by atoms with Crippen molar-refractivity contribution < 1.29 is 16.8 Å². The Hall–Kier alpha value is 0.210. The largest absolute Gasteiger partial charge is 0.315 e. The predicted molar refractivity (Wildman–Crippen MR) is 90.7 cm³/mol. The Kier molecular flexibility index (Phi) is 5.41. The summed E-state index contributed by atoms with van der Waals surface area (Å²) in [7, 11) is -5.45. The van der Waals surface area contributed by atoms with Gasteiger partial charge in [-0.1, -0.05) is 12.8 Å². The number of rotatable bonds is 2. The SMILES string of the molecule is O=S1CCCCC1C1CCCC(C2CNCCS2=O)S1(=O)=O. The van der Waals surface area contributed by atoms with E-state index < -0.39 is 41.9 Å². The van der Waals surface area contributed by atoms with Crippen molar-refractivity contribution in [2.75, 3.05) is 24.6 Å². The van der Waals surface area contributed by atoms with Crippen LogP contribution in [0.15, 0.2) is 0 Å². The van der Waals surface area contributed by atoms with E-state index in [4.69, 9.17) is 0 Å². The summed E-state index contributed by atoms with van der Waals surface area (Å²) in [5, 5.41) is 1.70. The highest BCUT2D eigenvalue weighted by molar-refractivity contribution is 7.95. The van der Waals surface area contributed by atoms with Gasteiger partial charge in [0.15, 0.2) is 9.84 Å². The highest BCUT2D eigenvalue weighted by Crippen LogP contribution is 2.36. The summed E-state index contributed by atoms with van der Waals surface area (Å²) in [4.78, 5) is 0. The first kappa shape index (κ1) is 17.0. The van der Waals surface area contributed by atoms with Gasteiger partial charge in [-0.2, -0.15) is 0 Å². The highest BCUT2D eigenvalue weighted by Gasteiger charge is 2.48. The van der Waals surface area contributed by atoms with Gasteiger partial charge in [-0.15, -0.1) is 0 Å². The zero-order chi connectivity index (χ0) is 15.7. The van der Waals surface area contributed by atoms with Crippen LogP contribution in [-0.2, 0) is 31.4 Å². The molecule has 3 aliphatic heterocycles. The van der Waals surface area contributed by atoms with Gasteiger partial charge in [-0.05, 0) is 25.7 Å². The fourth-order valence-corrected chi connectivity index (χ4v) is 11.4. The van der Waals surface area contributed by atoms with E-state index in [1.54, 1.807) is 0 Å². The zero-order valence-electron chi connectivity index (χ0n) is 12.7. The van der Waals surface area contributed by atoms with Gasteiger partial charge >= 0.3 is 0 Å². The van der Waals surface area contributed by atoms with E-state index >= 15 is 0 Å². The van der Waals surface area contributed by atoms with Crippen LogP contribution in [-0.4, -0.2) is 62.4 Å². The van der Waals surface area contributed by atoms with Gasteiger partial charge in [-0.3, -0.25) is 8.42 Å². The molecule has 0 aliphatic carbocycles. The van der Waals surface area contributed by atoms with Gasteiger partial charge in [0, 0.05) is 46.2 Å². The molecule has 0 spiro atoms. The third-order valence-corrected chi connectivity index (χ3v) is 12.1. The maximum atomic E-state index is 13.1. The van der Waals surface area contributed by atoms with Crippen molar-refractivity contribution in [1.82, 2.24) is 5.32 Å². The summed E-state index contributed by atoms with van der Waals surface area (Å²) in [6.45, 7) is 1.23. The van der Waals surface area contributed by atoms with E-state index in [1.165, 1.54) is 0 Å².